The van der Waals surface area contributed by atoms with Crippen molar-refractivity contribution in [2.75, 3.05) is 7.11 Å². The van der Waals surface area contributed by atoms with E-state index in [0.29, 0.717) is 21.8 Å². The SMILES string of the molecule is COc1c(Cl)cc(Cl)c2nc(C)n(C3CCC3)c12. The molecule has 1 aliphatic rings. The zero-order valence-corrected chi connectivity index (χ0v) is 11.8. The summed E-state index contributed by atoms with van der Waals surface area (Å²) in [5, 5.41) is 1.12. The lowest BCUT2D eigenvalue weighted by Crippen LogP contribution is -2.18. The third-order valence-corrected chi connectivity index (χ3v) is 4.21. The number of halogens is 2. The van der Waals surface area contributed by atoms with Crippen LogP contribution in [0.5, 0.6) is 5.75 Å². The molecule has 3 rings (SSSR count). The van der Waals surface area contributed by atoms with Crippen LogP contribution in [0, 0.1) is 6.92 Å². The van der Waals surface area contributed by atoms with E-state index < -0.39 is 0 Å². The highest BCUT2D eigenvalue weighted by Crippen LogP contribution is 2.43. The first-order valence-corrected chi connectivity index (χ1v) is 6.79. The number of benzene rings is 1. The minimum atomic E-state index is 0.499. The Morgan fingerprint density at radius 3 is 2.61 bits per heavy atom. The molecular weight excluding hydrogens is 271 g/mol. The Bertz CT molecular complexity index is 617. The lowest BCUT2D eigenvalue weighted by molar-refractivity contribution is 0.313. The van der Waals surface area contributed by atoms with Crippen LogP contribution in [0.25, 0.3) is 11.0 Å². The fourth-order valence-electron chi connectivity index (χ4n) is 2.57. The Balaban J connectivity index is 2.37. The van der Waals surface area contributed by atoms with Crippen molar-refractivity contribution in [3.63, 3.8) is 0 Å². The van der Waals surface area contributed by atoms with Crippen LogP contribution in [0.4, 0.5) is 0 Å². The molecule has 0 unspecified atom stereocenters. The molecule has 2 aromatic rings. The Morgan fingerprint density at radius 2 is 2.06 bits per heavy atom. The van der Waals surface area contributed by atoms with Crippen molar-refractivity contribution in [3.8, 4) is 5.75 Å². The third kappa shape index (κ3) is 1.61. The van der Waals surface area contributed by atoms with Crippen molar-refractivity contribution in [2.24, 2.45) is 0 Å². The number of rotatable bonds is 2. The molecule has 0 amide bonds. The summed E-state index contributed by atoms with van der Waals surface area (Å²) < 4.78 is 7.65. The van der Waals surface area contributed by atoms with Gasteiger partial charge in [-0.05, 0) is 32.3 Å². The molecule has 1 aliphatic carbocycles. The number of ether oxygens (including phenoxy) is 1. The molecule has 0 N–H and O–H groups in total. The van der Waals surface area contributed by atoms with E-state index in [1.54, 1.807) is 13.2 Å². The van der Waals surface area contributed by atoms with Crippen LogP contribution in [0.2, 0.25) is 10.0 Å². The predicted octanol–water partition coefficient (Wildman–Crippen LogP) is 4.39. The molecule has 1 saturated carbocycles. The highest BCUT2D eigenvalue weighted by Gasteiger charge is 2.26. The van der Waals surface area contributed by atoms with E-state index in [9.17, 15) is 0 Å². The number of hydrogen-bond donors (Lipinski definition) is 0. The van der Waals surface area contributed by atoms with Crippen molar-refractivity contribution in [1.82, 2.24) is 9.55 Å². The van der Waals surface area contributed by atoms with Gasteiger partial charge in [-0.2, -0.15) is 0 Å². The highest BCUT2D eigenvalue weighted by atomic mass is 35.5. The van der Waals surface area contributed by atoms with Crippen molar-refractivity contribution >= 4 is 34.2 Å². The molecule has 1 heterocycles. The van der Waals surface area contributed by atoms with Crippen molar-refractivity contribution in [2.45, 2.75) is 32.2 Å². The maximum atomic E-state index is 6.23. The average Bonchev–Trinajstić information content (AvgIpc) is 2.57. The first kappa shape index (κ1) is 12.1. The minimum absolute atomic E-state index is 0.499. The second-order valence-corrected chi connectivity index (χ2v) is 5.50. The topological polar surface area (TPSA) is 27.1 Å². The molecule has 0 spiro atoms. The summed E-state index contributed by atoms with van der Waals surface area (Å²) in [7, 11) is 1.63. The Hall–Kier alpha value is -0.930. The number of hydrogen-bond acceptors (Lipinski definition) is 2. The van der Waals surface area contributed by atoms with Gasteiger partial charge in [0.2, 0.25) is 0 Å². The third-order valence-electron chi connectivity index (χ3n) is 3.64. The molecule has 3 nitrogen and oxygen atoms in total. The number of aryl methyl sites for hydroxylation is 1. The number of methoxy groups -OCH3 is 1. The fraction of sp³-hybridized carbons (Fsp3) is 0.462. The molecule has 5 heteroatoms. The first-order valence-electron chi connectivity index (χ1n) is 6.04. The summed E-state index contributed by atoms with van der Waals surface area (Å²) in [4.78, 5) is 4.56. The van der Waals surface area contributed by atoms with E-state index in [2.05, 4.69) is 9.55 Å². The second-order valence-electron chi connectivity index (χ2n) is 4.68. The standard InChI is InChI=1S/C13H14Cl2N2O/c1-7-16-11-9(14)6-10(15)13(18-2)12(11)17(7)8-4-3-5-8/h6,8H,3-5H2,1-2H3. The quantitative estimate of drug-likeness (QED) is 0.818. The molecule has 0 saturated heterocycles. The van der Waals surface area contributed by atoms with Gasteiger partial charge in [0, 0.05) is 6.04 Å². The Labute approximate surface area is 116 Å². The van der Waals surface area contributed by atoms with Gasteiger partial charge in [-0.1, -0.05) is 23.2 Å². The van der Waals surface area contributed by atoms with Crippen LogP contribution in [0.1, 0.15) is 31.1 Å². The summed E-state index contributed by atoms with van der Waals surface area (Å²) in [6.45, 7) is 2.00. The van der Waals surface area contributed by atoms with Crippen LogP contribution in [0.15, 0.2) is 6.07 Å². The highest BCUT2D eigenvalue weighted by molar-refractivity contribution is 6.39. The maximum Gasteiger partial charge on any atom is 0.163 e. The smallest absolute Gasteiger partial charge is 0.163 e. The summed E-state index contributed by atoms with van der Waals surface area (Å²) in [5.74, 6) is 1.64. The van der Waals surface area contributed by atoms with Crippen molar-refractivity contribution < 1.29 is 4.74 Å². The molecule has 0 aliphatic heterocycles. The van der Waals surface area contributed by atoms with E-state index in [0.717, 1.165) is 16.9 Å². The van der Waals surface area contributed by atoms with E-state index in [-0.39, 0.29) is 0 Å². The molecule has 18 heavy (non-hydrogen) atoms. The monoisotopic (exact) mass is 284 g/mol. The predicted molar refractivity (Wildman–Crippen MR) is 73.9 cm³/mol. The zero-order chi connectivity index (χ0) is 12.9. The van der Waals surface area contributed by atoms with Crippen LogP contribution in [0.3, 0.4) is 0 Å². The summed E-state index contributed by atoms with van der Waals surface area (Å²) in [6, 6.07) is 2.19. The largest absolute Gasteiger partial charge is 0.493 e. The van der Waals surface area contributed by atoms with Gasteiger partial charge in [-0.15, -0.1) is 0 Å². The van der Waals surface area contributed by atoms with Crippen LogP contribution in [-0.2, 0) is 0 Å². The van der Waals surface area contributed by atoms with Gasteiger partial charge in [0.25, 0.3) is 0 Å². The lowest BCUT2D eigenvalue weighted by atomic mass is 9.92. The Kier molecular flexibility index (Phi) is 2.91. The van der Waals surface area contributed by atoms with Gasteiger partial charge in [-0.3, -0.25) is 0 Å². The van der Waals surface area contributed by atoms with E-state index >= 15 is 0 Å². The summed E-state index contributed by atoms with van der Waals surface area (Å²) in [5.41, 5.74) is 1.71. The van der Waals surface area contributed by atoms with Crippen LogP contribution < -0.4 is 4.74 Å². The minimum Gasteiger partial charge on any atom is -0.493 e. The van der Waals surface area contributed by atoms with Gasteiger partial charge in [0.05, 0.1) is 17.2 Å². The second kappa shape index (κ2) is 4.32. The molecule has 1 aromatic heterocycles. The molecule has 0 bridgehead atoms. The van der Waals surface area contributed by atoms with Gasteiger partial charge >= 0.3 is 0 Å². The molecule has 0 atom stereocenters. The molecule has 0 radical (unpaired) electrons. The number of aromatic nitrogens is 2. The Morgan fingerprint density at radius 1 is 1.33 bits per heavy atom. The van der Waals surface area contributed by atoms with Gasteiger partial charge in [0.15, 0.2) is 5.75 Å². The maximum absolute atomic E-state index is 6.23. The van der Waals surface area contributed by atoms with Crippen molar-refractivity contribution in [1.29, 1.82) is 0 Å². The molecular formula is C13H14Cl2N2O. The van der Waals surface area contributed by atoms with Gasteiger partial charge < -0.3 is 9.30 Å². The normalized spacial score (nSPS) is 16.0. The summed E-state index contributed by atoms with van der Waals surface area (Å²) in [6.07, 6.45) is 3.62. The molecule has 1 aromatic carbocycles. The zero-order valence-electron chi connectivity index (χ0n) is 10.3. The lowest BCUT2D eigenvalue weighted by Gasteiger charge is -2.29. The van der Waals surface area contributed by atoms with E-state index in [4.69, 9.17) is 27.9 Å². The van der Waals surface area contributed by atoms with Gasteiger partial charge in [0.1, 0.15) is 16.9 Å². The van der Waals surface area contributed by atoms with Gasteiger partial charge in [-0.25, -0.2) is 4.98 Å². The first-order chi connectivity index (χ1) is 8.63. The van der Waals surface area contributed by atoms with Crippen molar-refractivity contribution in [3.05, 3.63) is 21.9 Å². The van der Waals surface area contributed by atoms with E-state index in [1.807, 2.05) is 6.92 Å². The van der Waals surface area contributed by atoms with Crippen LogP contribution >= 0.6 is 23.2 Å². The fourth-order valence-corrected chi connectivity index (χ4v) is 3.14. The van der Waals surface area contributed by atoms with E-state index in [1.165, 1.54) is 19.3 Å². The molecule has 96 valence electrons. The summed E-state index contributed by atoms with van der Waals surface area (Å²) >= 11 is 12.4. The molecule has 1 fully saturated rings. The van der Waals surface area contributed by atoms with Crippen LogP contribution in [-0.4, -0.2) is 16.7 Å². The average molecular weight is 285 g/mol. The number of imidazole rings is 1. The number of fused-ring (bicyclic) bond motifs is 1. The number of nitrogens with zero attached hydrogens (tertiary/aromatic N) is 2.